The number of aryl methyl sites for hydroxylation is 1. The number of carbonyl (C=O) groups excluding carboxylic acids is 1. The topological polar surface area (TPSA) is 106 Å². The van der Waals surface area contributed by atoms with E-state index in [2.05, 4.69) is 25.7 Å². The molecule has 0 fully saturated rings. The Morgan fingerprint density at radius 2 is 2.16 bits per heavy atom. The van der Waals surface area contributed by atoms with Crippen molar-refractivity contribution < 1.29 is 4.79 Å². The van der Waals surface area contributed by atoms with Crippen molar-refractivity contribution in [2.75, 3.05) is 5.43 Å². The Morgan fingerprint density at radius 3 is 2.89 bits per heavy atom. The van der Waals surface area contributed by atoms with E-state index in [-0.39, 0.29) is 11.6 Å². The Labute approximate surface area is 110 Å². The van der Waals surface area contributed by atoms with Gasteiger partial charge in [0.2, 0.25) is 0 Å². The molecule has 0 saturated heterocycles. The van der Waals surface area contributed by atoms with Gasteiger partial charge in [-0.15, -0.1) is 0 Å². The van der Waals surface area contributed by atoms with E-state index >= 15 is 0 Å². The molecule has 2 aromatic heterocycles. The summed E-state index contributed by atoms with van der Waals surface area (Å²) in [5.74, 6) is 5.21. The number of amides is 1. The standard InChI is InChI=1S/C12H14N6O/c1-8-3-2-4-9(16-8)5-15-12(19)10-6-14-7-11(17-10)18-13/h2-4,6-7H,5,13H2,1H3,(H,15,19)(H,17,18). The van der Waals surface area contributed by atoms with E-state index in [1.807, 2.05) is 25.1 Å². The molecule has 0 atom stereocenters. The zero-order chi connectivity index (χ0) is 13.7. The Kier molecular flexibility index (Phi) is 3.99. The predicted octanol–water partition coefficient (Wildman–Crippen LogP) is 0.396. The minimum atomic E-state index is -0.326. The molecule has 98 valence electrons. The molecular weight excluding hydrogens is 244 g/mol. The van der Waals surface area contributed by atoms with Crippen LogP contribution in [-0.4, -0.2) is 20.9 Å². The highest BCUT2D eigenvalue weighted by molar-refractivity contribution is 5.92. The van der Waals surface area contributed by atoms with Crippen LogP contribution in [0.5, 0.6) is 0 Å². The number of pyridine rings is 1. The molecule has 0 aliphatic heterocycles. The van der Waals surface area contributed by atoms with Crippen LogP contribution in [0.15, 0.2) is 30.6 Å². The first kappa shape index (κ1) is 12.9. The van der Waals surface area contributed by atoms with Gasteiger partial charge in [0, 0.05) is 5.69 Å². The monoisotopic (exact) mass is 258 g/mol. The fourth-order valence-corrected chi connectivity index (χ4v) is 1.50. The van der Waals surface area contributed by atoms with Crippen molar-refractivity contribution in [3.05, 3.63) is 47.7 Å². The molecule has 0 aliphatic carbocycles. The van der Waals surface area contributed by atoms with E-state index in [9.17, 15) is 4.79 Å². The fourth-order valence-electron chi connectivity index (χ4n) is 1.50. The van der Waals surface area contributed by atoms with Gasteiger partial charge in [0.15, 0.2) is 5.82 Å². The van der Waals surface area contributed by atoms with Crippen LogP contribution in [0.25, 0.3) is 0 Å². The molecule has 4 N–H and O–H groups in total. The maximum Gasteiger partial charge on any atom is 0.271 e. The maximum absolute atomic E-state index is 11.9. The third-order valence-corrected chi connectivity index (χ3v) is 2.39. The molecule has 7 nitrogen and oxygen atoms in total. The first-order valence-electron chi connectivity index (χ1n) is 5.68. The molecule has 0 spiro atoms. The van der Waals surface area contributed by atoms with Gasteiger partial charge in [-0.3, -0.25) is 14.8 Å². The second-order valence-electron chi connectivity index (χ2n) is 3.89. The van der Waals surface area contributed by atoms with E-state index in [1.54, 1.807) is 0 Å². The molecule has 2 aromatic rings. The van der Waals surface area contributed by atoms with Gasteiger partial charge in [-0.25, -0.2) is 10.8 Å². The van der Waals surface area contributed by atoms with Crippen LogP contribution in [0.1, 0.15) is 21.9 Å². The SMILES string of the molecule is Cc1cccc(CNC(=O)c2cncc(NN)n2)n1. The summed E-state index contributed by atoms with van der Waals surface area (Å²) < 4.78 is 0. The Hall–Kier alpha value is -2.54. The largest absolute Gasteiger partial charge is 0.345 e. The number of hydrazine groups is 1. The first-order chi connectivity index (χ1) is 9.19. The molecule has 7 heteroatoms. The summed E-state index contributed by atoms with van der Waals surface area (Å²) in [6, 6.07) is 5.63. The number of carbonyl (C=O) groups is 1. The quantitative estimate of drug-likeness (QED) is 0.541. The summed E-state index contributed by atoms with van der Waals surface area (Å²) in [6.45, 7) is 2.23. The average molecular weight is 258 g/mol. The minimum Gasteiger partial charge on any atom is -0.345 e. The maximum atomic E-state index is 11.9. The molecule has 0 unspecified atom stereocenters. The van der Waals surface area contributed by atoms with Crippen LogP contribution in [0.2, 0.25) is 0 Å². The highest BCUT2D eigenvalue weighted by Crippen LogP contribution is 2.01. The lowest BCUT2D eigenvalue weighted by atomic mass is 10.3. The summed E-state index contributed by atoms with van der Waals surface area (Å²) in [6.07, 6.45) is 2.80. The van der Waals surface area contributed by atoms with E-state index in [0.717, 1.165) is 11.4 Å². The van der Waals surface area contributed by atoms with Crippen LogP contribution < -0.4 is 16.6 Å². The lowest BCUT2D eigenvalue weighted by Crippen LogP contribution is -2.25. The molecule has 0 aliphatic rings. The Balaban J connectivity index is 2.01. The van der Waals surface area contributed by atoms with Crippen molar-refractivity contribution in [3.8, 4) is 0 Å². The number of anilines is 1. The van der Waals surface area contributed by atoms with Crippen molar-refractivity contribution >= 4 is 11.7 Å². The molecule has 19 heavy (non-hydrogen) atoms. The van der Waals surface area contributed by atoms with Gasteiger partial charge in [0.05, 0.1) is 24.6 Å². The van der Waals surface area contributed by atoms with Gasteiger partial charge in [-0.05, 0) is 19.1 Å². The smallest absolute Gasteiger partial charge is 0.271 e. The third kappa shape index (κ3) is 3.46. The van der Waals surface area contributed by atoms with Crippen LogP contribution in [0, 0.1) is 6.92 Å². The van der Waals surface area contributed by atoms with Gasteiger partial charge < -0.3 is 10.7 Å². The van der Waals surface area contributed by atoms with Gasteiger partial charge >= 0.3 is 0 Å². The van der Waals surface area contributed by atoms with Crippen LogP contribution in [0.3, 0.4) is 0 Å². The summed E-state index contributed by atoms with van der Waals surface area (Å²) in [5, 5.41) is 2.72. The van der Waals surface area contributed by atoms with E-state index < -0.39 is 0 Å². The van der Waals surface area contributed by atoms with E-state index in [1.165, 1.54) is 12.4 Å². The fraction of sp³-hybridized carbons (Fsp3) is 0.167. The number of hydrogen-bond donors (Lipinski definition) is 3. The average Bonchev–Trinajstić information content (AvgIpc) is 2.45. The molecule has 1 amide bonds. The third-order valence-electron chi connectivity index (χ3n) is 2.39. The van der Waals surface area contributed by atoms with Crippen LogP contribution >= 0.6 is 0 Å². The first-order valence-corrected chi connectivity index (χ1v) is 5.68. The van der Waals surface area contributed by atoms with E-state index in [4.69, 9.17) is 5.84 Å². The highest BCUT2D eigenvalue weighted by atomic mass is 16.1. The molecule has 0 radical (unpaired) electrons. The highest BCUT2D eigenvalue weighted by Gasteiger charge is 2.08. The zero-order valence-corrected chi connectivity index (χ0v) is 10.4. The lowest BCUT2D eigenvalue weighted by molar-refractivity contribution is 0.0945. The van der Waals surface area contributed by atoms with Crippen LogP contribution in [-0.2, 0) is 6.54 Å². The number of nitrogens with one attached hydrogen (secondary N) is 2. The molecule has 2 rings (SSSR count). The van der Waals surface area contributed by atoms with Crippen molar-refractivity contribution in [3.63, 3.8) is 0 Å². The van der Waals surface area contributed by atoms with Crippen LogP contribution in [0.4, 0.5) is 5.82 Å². The van der Waals surface area contributed by atoms with Crippen molar-refractivity contribution in [1.29, 1.82) is 0 Å². The minimum absolute atomic E-state index is 0.197. The van der Waals surface area contributed by atoms with Gasteiger partial charge in [0.1, 0.15) is 5.69 Å². The molecule has 0 bridgehead atoms. The van der Waals surface area contributed by atoms with Gasteiger partial charge in [0.25, 0.3) is 5.91 Å². The summed E-state index contributed by atoms with van der Waals surface area (Å²) >= 11 is 0. The number of hydrogen-bond acceptors (Lipinski definition) is 6. The normalized spacial score (nSPS) is 10.0. The predicted molar refractivity (Wildman–Crippen MR) is 70.0 cm³/mol. The van der Waals surface area contributed by atoms with Crippen molar-refractivity contribution in [2.45, 2.75) is 13.5 Å². The number of aromatic nitrogens is 3. The Bertz CT molecular complexity index is 586. The Morgan fingerprint density at radius 1 is 1.32 bits per heavy atom. The molecule has 0 aromatic carbocycles. The molecule has 2 heterocycles. The number of nitrogens with two attached hydrogens (primary N) is 1. The second kappa shape index (κ2) is 5.87. The lowest BCUT2D eigenvalue weighted by Gasteiger charge is -2.05. The molecule has 0 saturated carbocycles. The summed E-state index contributed by atoms with van der Waals surface area (Å²) in [4.78, 5) is 24.0. The number of rotatable bonds is 4. The van der Waals surface area contributed by atoms with Crippen molar-refractivity contribution in [1.82, 2.24) is 20.3 Å². The van der Waals surface area contributed by atoms with Crippen molar-refractivity contribution in [2.24, 2.45) is 5.84 Å². The molecular formula is C12H14N6O. The second-order valence-corrected chi connectivity index (χ2v) is 3.89. The summed E-state index contributed by atoms with van der Waals surface area (Å²) in [7, 11) is 0. The number of nitrogen functional groups attached to an aromatic ring is 1. The number of nitrogens with zero attached hydrogens (tertiary/aromatic N) is 3. The van der Waals surface area contributed by atoms with Gasteiger partial charge in [-0.2, -0.15) is 0 Å². The summed E-state index contributed by atoms with van der Waals surface area (Å²) in [5.41, 5.74) is 4.22. The van der Waals surface area contributed by atoms with Gasteiger partial charge in [-0.1, -0.05) is 6.07 Å². The van der Waals surface area contributed by atoms with E-state index in [0.29, 0.717) is 12.4 Å². The zero-order valence-electron chi connectivity index (χ0n) is 10.4.